The molecule has 0 radical (unpaired) electrons. The smallest absolute Gasteiger partial charge is 0.326 e. The van der Waals surface area contributed by atoms with Crippen molar-refractivity contribution in [2.75, 3.05) is 7.05 Å². The fourth-order valence-electron chi connectivity index (χ4n) is 1.73. The molecule has 0 saturated carbocycles. The standard InChI is InChI=1S/C14H19N3O4/c1-8(2)6-11(14(20)21)17-12(18)9-4-5-10(16-7-9)13(19)15-3/h4-5,7-8,11H,6H2,1-3H3,(H,15,19)(H,17,18)(H,20,21)/t11-/m1/s1. The van der Waals surface area contributed by atoms with Crippen molar-refractivity contribution >= 4 is 17.8 Å². The first-order valence-electron chi connectivity index (χ1n) is 6.57. The Bertz CT molecular complexity index is 526. The summed E-state index contributed by atoms with van der Waals surface area (Å²) < 4.78 is 0. The van der Waals surface area contributed by atoms with E-state index in [9.17, 15) is 14.4 Å². The number of pyridine rings is 1. The van der Waals surface area contributed by atoms with Gasteiger partial charge in [0.2, 0.25) is 0 Å². The van der Waals surface area contributed by atoms with E-state index in [1.807, 2.05) is 13.8 Å². The molecule has 1 rings (SSSR count). The summed E-state index contributed by atoms with van der Waals surface area (Å²) in [7, 11) is 1.48. The molecule has 1 atom stereocenters. The van der Waals surface area contributed by atoms with Crippen LogP contribution < -0.4 is 10.6 Å². The average molecular weight is 293 g/mol. The van der Waals surface area contributed by atoms with E-state index in [0.29, 0.717) is 6.42 Å². The molecule has 1 heterocycles. The molecule has 0 saturated heterocycles. The number of carbonyl (C=O) groups excluding carboxylic acids is 2. The van der Waals surface area contributed by atoms with Gasteiger partial charge in [0.05, 0.1) is 5.56 Å². The minimum Gasteiger partial charge on any atom is -0.480 e. The summed E-state index contributed by atoms with van der Waals surface area (Å²) in [4.78, 5) is 38.3. The zero-order valence-corrected chi connectivity index (χ0v) is 12.2. The highest BCUT2D eigenvalue weighted by atomic mass is 16.4. The Morgan fingerprint density at radius 2 is 1.90 bits per heavy atom. The van der Waals surface area contributed by atoms with Crippen LogP contribution in [0.1, 0.15) is 41.1 Å². The Morgan fingerprint density at radius 1 is 1.24 bits per heavy atom. The topological polar surface area (TPSA) is 108 Å². The molecule has 0 fully saturated rings. The average Bonchev–Trinajstić information content (AvgIpc) is 2.45. The summed E-state index contributed by atoms with van der Waals surface area (Å²) in [5.41, 5.74) is 0.392. The highest BCUT2D eigenvalue weighted by molar-refractivity contribution is 5.97. The SMILES string of the molecule is CNC(=O)c1ccc(C(=O)N[C@H](CC(C)C)C(=O)O)cn1. The Labute approximate surface area is 122 Å². The molecule has 3 N–H and O–H groups in total. The van der Waals surface area contributed by atoms with Crippen molar-refractivity contribution in [3.05, 3.63) is 29.6 Å². The van der Waals surface area contributed by atoms with Gasteiger partial charge in [-0.1, -0.05) is 13.8 Å². The van der Waals surface area contributed by atoms with E-state index >= 15 is 0 Å². The lowest BCUT2D eigenvalue weighted by Crippen LogP contribution is -2.41. The highest BCUT2D eigenvalue weighted by Gasteiger charge is 2.22. The lowest BCUT2D eigenvalue weighted by atomic mass is 10.0. The number of amides is 2. The van der Waals surface area contributed by atoms with Gasteiger partial charge in [0.25, 0.3) is 11.8 Å². The normalized spacial score (nSPS) is 11.8. The molecule has 0 aliphatic heterocycles. The second-order valence-electron chi connectivity index (χ2n) is 5.01. The molecular weight excluding hydrogens is 274 g/mol. The second-order valence-corrected chi connectivity index (χ2v) is 5.01. The molecule has 1 aromatic heterocycles. The number of hydrogen-bond donors (Lipinski definition) is 3. The number of carbonyl (C=O) groups is 3. The zero-order valence-electron chi connectivity index (χ0n) is 12.2. The van der Waals surface area contributed by atoms with E-state index < -0.39 is 17.9 Å². The largest absolute Gasteiger partial charge is 0.480 e. The van der Waals surface area contributed by atoms with E-state index in [1.54, 1.807) is 0 Å². The van der Waals surface area contributed by atoms with E-state index in [-0.39, 0.29) is 23.1 Å². The van der Waals surface area contributed by atoms with Crippen molar-refractivity contribution in [3.63, 3.8) is 0 Å². The van der Waals surface area contributed by atoms with Gasteiger partial charge in [-0.3, -0.25) is 14.6 Å². The third kappa shape index (κ3) is 4.87. The van der Waals surface area contributed by atoms with Crippen LogP contribution in [0.3, 0.4) is 0 Å². The number of carboxylic acid groups (broad SMARTS) is 1. The molecule has 1 aromatic rings. The van der Waals surface area contributed by atoms with Crippen molar-refractivity contribution in [2.45, 2.75) is 26.3 Å². The quantitative estimate of drug-likeness (QED) is 0.714. The van der Waals surface area contributed by atoms with Crippen LogP contribution in [0.25, 0.3) is 0 Å². The molecule has 0 aromatic carbocycles. The van der Waals surface area contributed by atoms with Crippen molar-refractivity contribution in [2.24, 2.45) is 5.92 Å². The predicted molar refractivity (Wildman–Crippen MR) is 76.0 cm³/mol. The van der Waals surface area contributed by atoms with E-state index in [2.05, 4.69) is 15.6 Å². The summed E-state index contributed by atoms with van der Waals surface area (Å²) in [6.07, 6.45) is 1.58. The number of nitrogens with zero attached hydrogens (tertiary/aromatic N) is 1. The number of carboxylic acids is 1. The lowest BCUT2D eigenvalue weighted by Gasteiger charge is -2.16. The van der Waals surface area contributed by atoms with Gasteiger partial charge in [-0.05, 0) is 24.5 Å². The van der Waals surface area contributed by atoms with Gasteiger partial charge in [-0.2, -0.15) is 0 Å². The summed E-state index contributed by atoms with van der Waals surface area (Å²) in [6, 6.07) is 1.89. The number of aliphatic carboxylic acids is 1. The van der Waals surface area contributed by atoms with Crippen LogP contribution in [-0.2, 0) is 4.79 Å². The van der Waals surface area contributed by atoms with Gasteiger partial charge >= 0.3 is 5.97 Å². The third-order valence-electron chi connectivity index (χ3n) is 2.80. The van der Waals surface area contributed by atoms with Gasteiger partial charge in [-0.15, -0.1) is 0 Å². The van der Waals surface area contributed by atoms with Gasteiger partial charge in [0.15, 0.2) is 0 Å². The molecule has 0 aliphatic carbocycles. The predicted octanol–water partition coefficient (Wildman–Crippen LogP) is 0.670. The molecule has 0 unspecified atom stereocenters. The maximum absolute atomic E-state index is 12.0. The molecule has 0 spiro atoms. The van der Waals surface area contributed by atoms with Crippen molar-refractivity contribution in [1.82, 2.24) is 15.6 Å². The molecule has 7 heteroatoms. The molecule has 0 aliphatic rings. The van der Waals surface area contributed by atoms with Crippen LogP contribution in [0.5, 0.6) is 0 Å². The van der Waals surface area contributed by atoms with Crippen molar-refractivity contribution in [1.29, 1.82) is 0 Å². The zero-order chi connectivity index (χ0) is 16.0. The number of rotatable bonds is 6. The summed E-state index contributed by atoms with van der Waals surface area (Å²) in [5.74, 6) is -1.82. The van der Waals surface area contributed by atoms with E-state index in [4.69, 9.17) is 5.11 Å². The number of nitrogens with one attached hydrogen (secondary N) is 2. The molecular formula is C14H19N3O4. The lowest BCUT2D eigenvalue weighted by molar-refractivity contribution is -0.139. The fourth-order valence-corrected chi connectivity index (χ4v) is 1.73. The first-order chi connectivity index (χ1) is 9.85. The first-order valence-corrected chi connectivity index (χ1v) is 6.57. The first kappa shape index (κ1) is 16.6. The fraction of sp³-hybridized carbons (Fsp3) is 0.429. The van der Waals surface area contributed by atoms with Gasteiger partial charge in [0, 0.05) is 13.2 Å². The van der Waals surface area contributed by atoms with E-state index in [1.165, 1.54) is 25.4 Å². The van der Waals surface area contributed by atoms with Crippen LogP contribution >= 0.6 is 0 Å². The minimum absolute atomic E-state index is 0.139. The Kier molecular flexibility index (Phi) is 5.83. The maximum atomic E-state index is 12.0. The van der Waals surface area contributed by atoms with Crippen molar-refractivity contribution < 1.29 is 19.5 Å². The number of aromatic nitrogens is 1. The maximum Gasteiger partial charge on any atom is 0.326 e. The molecule has 0 bridgehead atoms. The van der Waals surface area contributed by atoms with Crippen LogP contribution in [-0.4, -0.2) is 41.0 Å². The third-order valence-corrected chi connectivity index (χ3v) is 2.80. The van der Waals surface area contributed by atoms with Crippen molar-refractivity contribution in [3.8, 4) is 0 Å². The van der Waals surface area contributed by atoms with E-state index in [0.717, 1.165) is 0 Å². The molecule has 114 valence electrons. The molecule has 21 heavy (non-hydrogen) atoms. The van der Waals surface area contributed by atoms with Gasteiger partial charge < -0.3 is 15.7 Å². The Morgan fingerprint density at radius 3 is 2.33 bits per heavy atom. The van der Waals surface area contributed by atoms with Crippen LogP contribution in [0, 0.1) is 5.92 Å². The summed E-state index contributed by atoms with van der Waals surface area (Å²) in [5, 5.41) is 14.0. The second kappa shape index (κ2) is 7.37. The number of hydrogen-bond acceptors (Lipinski definition) is 4. The van der Waals surface area contributed by atoms with Crippen LogP contribution in [0.15, 0.2) is 18.3 Å². The Balaban J connectivity index is 2.78. The van der Waals surface area contributed by atoms with Crippen LogP contribution in [0.4, 0.5) is 0 Å². The van der Waals surface area contributed by atoms with Gasteiger partial charge in [-0.25, -0.2) is 4.79 Å². The minimum atomic E-state index is -1.08. The monoisotopic (exact) mass is 293 g/mol. The summed E-state index contributed by atoms with van der Waals surface area (Å²) in [6.45, 7) is 3.75. The van der Waals surface area contributed by atoms with Gasteiger partial charge in [0.1, 0.15) is 11.7 Å². The molecule has 2 amide bonds. The Hall–Kier alpha value is -2.44. The summed E-state index contributed by atoms with van der Waals surface area (Å²) >= 11 is 0. The van der Waals surface area contributed by atoms with Crippen LogP contribution in [0.2, 0.25) is 0 Å². The highest BCUT2D eigenvalue weighted by Crippen LogP contribution is 2.07. The molecule has 7 nitrogen and oxygen atoms in total.